The number of nitrogens with zero attached hydrogens (tertiary/aromatic N) is 3. The smallest absolute Gasteiger partial charge is 0.277 e. The van der Waals surface area contributed by atoms with Gasteiger partial charge in [-0.05, 0) is 68.3 Å². The second-order valence-electron chi connectivity index (χ2n) is 7.28. The first-order chi connectivity index (χ1) is 14.7. The molecule has 30 heavy (non-hydrogen) atoms. The van der Waals surface area contributed by atoms with Crippen LogP contribution in [0.1, 0.15) is 37.5 Å². The van der Waals surface area contributed by atoms with Crippen molar-refractivity contribution in [3.05, 3.63) is 60.2 Å². The van der Waals surface area contributed by atoms with Gasteiger partial charge in [-0.15, -0.1) is 10.2 Å². The van der Waals surface area contributed by atoms with E-state index in [1.165, 1.54) is 17.4 Å². The molecule has 1 N–H and O–H groups in total. The molecule has 4 rings (SSSR count). The summed E-state index contributed by atoms with van der Waals surface area (Å²) in [5.41, 5.74) is 2.95. The Kier molecular flexibility index (Phi) is 6.38. The second kappa shape index (κ2) is 9.34. The summed E-state index contributed by atoms with van der Waals surface area (Å²) in [5, 5.41) is 11.4. The predicted molar refractivity (Wildman–Crippen MR) is 119 cm³/mol. The van der Waals surface area contributed by atoms with Crippen molar-refractivity contribution in [1.82, 2.24) is 15.5 Å². The van der Waals surface area contributed by atoms with Crippen LogP contribution in [-0.2, 0) is 4.79 Å². The molecule has 0 aliphatic heterocycles. The monoisotopic (exact) mass is 422 g/mol. The number of amides is 1. The summed E-state index contributed by atoms with van der Waals surface area (Å²) in [6, 6.07) is 18.1. The van der Waals surface area contributed by atoms with Gasteiger partial charge in [0.2, 0.25) is 11.8 Å². The van der Waals surface area contributed by atoms with E-state index in [-0.39, 0.29) is 5.91 Å². The molecule has 1 fully saturated rings. The fourth-order valence-corrected chi connectivity index (χ4v) is 4.17. The summed E-state index contributed by atoms with van der Waals surface area (Å²) in [7, 11) is 0. The van der Waals surface area contributed by atoms with Gasteiger partial charge in [-0.1, -0.05) is 30.3 Å². The van der Waals surface area contributed by atoms with Crippen molar-refractivity contribution < 1.29 is 9.21 Å². The number of carbonyl (C=O) groups is 1. The average Bonchev–Trinajstić information content (AvgIpc) is 3.47. The maximum absolute atomic E-state index is 12.8. The fraction of sp³-hybridized carbons (Fsp3) is 0.348. The Labute approximate surface area is 181 Å². The molecular formula is C23H26N4O2S. The fourth-order valence-electron chi connectivity index (χ4n) is 3.28. The molecule has 1 amide bonds. The van der Waals surface area contributed by atoms with Crippen molar-refractivity contribution in [2.45, 2.75) is 43.2 Å². The standard InChI is InChI=1S/C23H26N4O2S/c1-3-27(4-2)19-14-10-17(11-15-19)22-25-26-23(29-22)30-20(16-8-6-5-7-9-16)21(28)24-18-12-13-18/h5-11,14-15,18,20H,3-4,12-13H2,1-2H3,(H,24,28)/t20-/m1/s1. The van der Waals surface area contributed by atoms with Crippen LogP contribution in [0.3, 0.4) is 0 Å². The van der Waals surface area contributed by atoms with Gasteiger partial charge in [-0.2, -0.15) is 0 Å². The number of aromatic nitrogens is 2. The SMILES string of the molecule is CCN(CC)c1ccc(-c2nnc(S[C@@H](C(=O)NC3CC3)c3ccccc3)o2)cc1. The van der Waals surface area contributed by atoms with Crippen LogP contribution in [0.15, 0.2) is 64.2 Å². The first-order valence-electron chi connectivity index (χ1n) is 10.4. The zero-order valence-corrected chi connectivity index (χ0v) is 18.1. The molecule has 1 aliphatic carbocycles. The van der Waals surface area contributed by atoms with Crippen molar-refractivity contribution in [2.75, 3.05) is 18.0 Å². The van der Waals surface area contributed by atoms with Crippen LogP contribution in [0.5, 0.6) is 0 Å². The van der Waals surface area contributed by atoms with Gasteiger partial charge in [0.15, 0.2) is 0 Å². The zero-order chi connectivity index (χ0) is 20.9. The summed E-state index contributed by atoms with van der Waals surface area (Å²) in [6.07, 6.45) is 2.10. The van der Waals surface area contributed by atoms with E-state index in [2.05, 4.69) is 46.4 Å². The third-order valence-electron chi connectivity index (χ3n) is 5.13. The van der Waals surface area contributed by atoms with Crippen LogP contribution in [0.25, 0.3) is 11.5 Å². The molecule has 156 valence electrons. The van der Waals surface area contributed by atoms with Gasteiger partial charge < -0.3 is 14.6 Å². The topological polar surface area (TPSA) is 71.3 Å². The van der Waals surface area contributed by atoms with E-state index in [1.54, 1.807) is 0 Å². The second-order valence-corrected chi connectivity index (χ2v) is 8.34. The maximum atomic E-state index is 12.8. The summed E-state index contributed by atoms with van der Waals surface area (Å²) < 4.78 is 5.89. The van der Waals surface area contributed by atoms with E-state index in [4.69, 9.17) is 4.42 Å². The predicted octanol–water partition coefficient (Wildman–Crippen LogP) is 4.69. The van der Waals surface area contributed by atoms with Crippen molar-refractivity contribution in [1.29, 1.82) is 0 Å². The minimum atomic E-state index is -0.426. The quantitative estimate of drug-likeness (QED) is 0.504. The minimum absolute atomic E-state index is 0.0166. The molecule has 1 aromatic heterocycles. The molecular weight excluding hydrogens is 396 g/mol. The Morgan fingerprint density at radius 3 is 2.43 bits per heavy atom. The first kappa shape index (κ1) is 20.5. The highest BCUT2D eigenvalue weighted by atomic mass is 32.2. The van der Waals surface area contributed by atoms with Gasteiger partial charge in [0, 0.05) is 30.4 Å². The van der Waals surface area contributed by atoms with Crippen LogP contribution in [-0.4, -0.2) is 35.2 Å². The molecule has 3 aromatic rings. The normalized spacial score (nSPS) is 14.3. The van der Waals surface area contributed by atoms with E-state index in [9.17, 15) is 4.79 Å². The molecule has 1 atom stereocenters. The first-order valence-corrected chi connectivity index (χ1v) is 11.3. The Morgan fingerprint density at radius 1 is 1.10 bits per heavy atom. The highest BCUT2D eigenvalue weighted by Crippen LogP contribution is 2.37. The Morgan fingerprint density at radius 2 is 1.80 bits per heavy atom. The van der Waals surface area contributed by atoms with Crippen molar-refractivity contribution >= 4 is 23.4 Å². The number of hydrogen-bond acceptors (Lipinski definition) is 6. The van der Waals surface area contributed by atoms with Crippen LogP contribution < -0.4 is 10.2 Å². The lowest BCUT2D eigenvalue weighted by molar-refractivity contribution is -0.120. The van der Waals surface area contributed by atoms with Crippen LogP contribution in [0.4, 0.5) is 5.69 Å². The molecule has 2 aromatic carbocycles. The number of benzene rings is 2. The van der Waals surface area contributed by atoms with E-state index in [0.29, 0.717) is 17.2 Å². The molecule has 0 unspecified atom stereocenters. The lowest BCUT2D eigenvalue weighted by Gasteiger charge is -2.20. The van der Waals surface area contributed by atoms with Crippen LogP contribution in [0.2, 0.25) is 0 Å². The van der Waals surface area contributed by atoms with Crippen molar-refractivity contribution in [3.63, 3.8) is 0 Å². The van der Waals surface area contributed by atoms with Crippen molar-refractivity contribution in [3.8, 4) is 11.5 Å². The van der Waals surface area contributed by atoms with E-state index in [1.807, 2.05) is 42.5 Å². The summed E-state index contributed by atoms with van der Waals surface area (Å²) in [5.74, 6) is 0.440. The van der Waals surface area contributed by atoms with E-state index >= 15 is 0 Å². The van der Waals surface area contributed by atoms with Gasteiger partial charge in [-0.3, -0.25) is 4.79 Å². The highest BCUT2D eigenvalue weighted by Gasteiger charge is 2.30. The molecule has 6 nitrogen and oxygen atoms in total. The highest BCUT2D eigenvalue weighted by molar-refractivity contribution is 8.00. The average molecular weight is 423 g/mol. The molecule has 1 aliphatic rings. The maximum Gasteiger partial charge on any atom is 0.277 e. The van der Waals surface area contributed by atoms with Crippen LogP contribution >= 0.6 is 11.8 Å². The Hall–Kier alpha value is -2.80. The molecule has 0 radical (unpaired) electrons. The van der Waals surface area contributed by atoms with E-state index < -0.39 is 5.25 Å². The number of hydrogen-bond donors (Lipinski definition) is 1. The third-order valence-corrected chi connectivity index (χ3v) is 6.22. The van der Waals surface area contributed by atoms with Gasteiger partial charge in [0.25, 0.3) is 5.22 Å². The summed E-state index contributed by atoms with van der Waals surface area (Å²) >= 11 is 1.29. The number of rotatable bonds is 9. The van der Waals surface area contributed by atoms with Crippen molar-refractivity contribution in [2.24, 2.45) is 0 Å². The molecule has 0 bridgehead atoms. The molecule has 0 spiro atoms. The van der Waals surface area contributed by atoms with Gasteiger partial charge in [0.05, 0.1) is 0 Å². The van der Waals surface area contributed by atoms with E-state index in [0.717, 1.165) is 37.1 Å². The molecule has 1 heterocycles. The molecule has 1 saturated carbocycles. The largest absolute Gasteiger partial charge is 0.411 e. The Bertz CT molecular complexity index is 966. The zero-order valence-electron chi connectivity index (χ0n) is 17.2. The molecule has 7 heteroatoms. The molecule has 0 saturated heterocycles. The third kappa shape index (κ3) is 4.84. The number of thioether (sulfide) groups is 1. The van der Waals surface area contributed by atoms with Gasteiger partial charge >= 0.3 is 0 Å². The summed E-state index contributed by atoms with van der Waals surface area (Å²) in [6.45, 7) is 6.20. The number of anilines is 1. The summed E-state index contributed by atoms with van der Waals surface area (Å²) in [4.78, 5) is 15.1. The van der Waals surface area contributed by atoms with Gasteiger partial charge in [0.1, 0.15) is 5.25 Å². The lowest BCUT2D eigenvalue weighted by atomic mass is 10.1. The van der Waals surface area contributed by atoms with Crippen LogP contribution in [0, 0.1) is 0 Å². The Balaban J connectivity index is 1.51. The minimum Gasteiger partial charge on any atom is -0.411 e. The lowest BCUT2D eigenvalue weighted by Crippen LogP contribution is -2.29. The number of carbonyl (C=O) groups excluding carboxylic acids is 1. The number of nitrogens with one attached hydrogen (secondary N) is 1. The van der Waals surface area contributed by atoms with Gasteiger partial charge in [-0.25, -0.2) is 0 Å².